The molecular weight excluding hydrogens is 245 g/mol. The average Bonchev–Trinajstić information content (AvgIpc) is 2.66. The Morgan fingerprint density at radius 1 is 1.38 bits per heavy atom. The van der Waals surface area contributed by atoms with Crippen LogP contribution in [-0.4, -0.2) is 19.7 Å². The lowest BCUT2D eigenvalue weighted by atomic mass is 10.5. The topological polar surface area (TPSA) is 43.6 Å². The fourth-order valence-electron chi connectivity index (χ4n) is 0.982. The molecule has 0 bridgehead atoms. The Hall–Kier alpha value is -1.63. The highest BCUT2D eigenvalue weighted by molar-refractivity contribution is 6.32. The van der Waals surface area contributed by atoms with E-state index in [1.807, 2.05) is 0 Å². The standard InChI is InChI=1S/C8H3ClF3N4/c9-5-2-1-3-13-6(5)16-4-14-7(15-16)8(10,11)12/h1-3H. The lowest BCUT2D eigenvalue weighted by Crippen LogP contribution is -2.09. The van der Waals surface area contributed by atoms with Crippen molar-refractivity contribution in [3.8, 4) is 5.82 Å². The SMILES string of the molecule is FC(F)(F)c1n[c]n(-c2ncccc2Cl)n1. The van der Waals surface area contributed by atoms with Crippen molar-refractivity contribution in [2.75, 3.05) is 0 Å². The first kappa shape index (κ1) is 10.9. The number of pyridine rings is 1. The Bertz CT molecular complexity index is 508. The Labute approximate surface area is 92.7 Å². The van der Waals surface area contributed by atoms with Crippen molar-refractivity contribution in [3.63, 3.8) is 0 Å². The molecule has 0 unspecified atom stereocenters. The lowest BCUT2D eigenvalue weighted by Gasteiger charge is -2.01. The van der Waals surface area contributed by atoms with Gasteiger partial charge in [0.15, 0.2) is 5.82 Å². The molecule has 16 heavy (non-hydrogen) atoms. The quantitative estimate of drug-likeness (QED) is 0.775. The number of hydrogen-bond acceptors (Lipinski definition) is 3. The molecule has 1 radical (unpaired) electrons. The van der Waals surface area contributed by atoms with E-state index in [0.29, 0.717) is 0 Å². The highest BCUT2D eigenvalue weighted by atomic mass is 35.5. The Balaban J connectivity index is 2.44. The van der Waals surface area contributed by atoms with Crippen LogP contribution in [0.1, 0.15) is 5.82 Å². The number of halogens is 4. The lowest BCUT2D eigenvalue weighted by molar-refractivity contribution is -0.144. The molecular formula is C8H3ClF3N4. The van der Waals surface area contributed by atoms with Gasteiger partial charge in [-0.05, 0) is 12.1 Å². The third-order valence-corrected chi connectivity index (χ3v) is 1.93. The fourth-order valence-corrected chi connectivity index (χ4v) is 1.18. The molecule has 0 spiro atoms. The molecule has 2 rings (SSSR count). The largest absolute Gasteiger partial charge is 0.453 e. The number of rotatable bonds is 1. The van der Waals surface area contributed by atoms with E-state index in [1.54, 1.807) is 6.07 Å². The van der Waals surface area contributed by atoms with E-state index in [-0.39, 0.29) is 10.8 Å². The van der Waals surface area contributed by atoms with Crippen molar-refractivity contribution in [1.29, 1.82) is 0 Å². The average molecular weight is 248 g/mol. The zero-order valence-corrected chi connectivity index (χ0v) is 8.29. The minimum Gasteiger partial charge on any atom is -0.236 e. The zero-order valence-electron chi connectivity index (χ0n) is 7.53. The van der Waals surface area contributed by atoms with Gasteiger partial charge in [0.25, 0.3) is 5.82 Å². The predicted molar refractivity (Wildman–Crippen MR) is 48.0 cm³/mol. The van der Waals surface area contributed by atoms with Crippen LogP contribution in [-0.2, 0) is 6.18 Å². The Kier molecular flexibility index (Phi) is 2.55. The summed E-state index contributed by atoms with van der Waals surface area (Å²) in [6.07, 6.45) is -1.17. The summed E-state index contributed by atoms with van der Waals surface area (Å²) >= 11 is 5.73. The van der Waals surface area contributed by atoms with Crippen LogP contribution < -0.4 is 0 Å². The molecule has 2 aromatic heterocycles. The first-order chi connectivity index (χ1) is 7.48. The van der Waals surface area contributed by atoms with Gasteiger partial charge in [0, 0.05) is 6.20 Å². The van der Waals surface area contributed by atoms with Gasteiger partial charge in [0.05, 0.1) is 5.02 Å². The van der Waals surface area contributed by atoms with Crippen molar-refractivity contribution < 1.29 is 13.2 Å². The van der Waals surface area contributed by atoms with Crippen LogP contribution in [0.3, 0.4) is 0 Å². The van der Waals surface area contributed by atoms with Gasteiger partial charge >= 0.3 is 6.18 Å². The van der Waals surface area contributed by atoms with Gasteiger partial charge in [-0.2, -0.15) is 22.8 Å². The maximum atomic E-state index is 12.2. The molecule has 83 valence electrons. The number of aromatic nitrogens is 4. The molecule has 0 amide bonds. The summed E-state index contributed by atoms with van der Waals surface area (Å²) in [4.78, 5) is 6.78. The highest BCUT2D eigenvalue weighted by Gasteiger charge is 2.36. The summed E-state index contributed by atoms with van der Waals surface area (Å²) in [6, 6.07) is 3.03. The minimum atomic E-state index is -4.61. The van der Waals surface area contributed by atoms with E-state index in [2.05, 4.69) is 21.4 Å². The summed E-state index contributed by atoms with van der Waals surface area (Å²) in [7, 11) is 0. The van der Waals surface area contributed by atoms with Crippen LogP contribution in [0.5, 0.6) is 0 Å². The molecule has 2 heterocycles. The normalized spacial score (nSPS) is 11.8. The third-order valence-electron chi connectivity index (χ3n) is 1.64. The summed E-state index contributed by atoms with van der Waals surface area (Å²) in [6.45, 7) is 0. The van der Waals surface area contributed by atoms with Gasteiger partial charge in [-0.15, -0.1) is 5.10 Å². The van der Waals surface area contributed by atoms with Crippen LogP contribution in [0.25, 0.3) is 5.82 Å². The van der Waals surface area contributed by atoms with Crippen molar-refractivity contribution in [3.05, 3.63) is 35.5 Å². The van der Waals surface area contributed by atoms with Crippen molar-refractivity contribution in [1.82, 2.24) is 19.7 Å². The van der Waals surface area contributed by atoms with Crippen molar-refractivity contribution in [2.24, 2.45) is 0 Å². The molecule has 8 heteroatoms. The summed E-state index contributed by atoms with van der Waals surface area (Å²) in [5, 5.41) is 3.35. The highest BCUT2D eigenvalue weighted by Crippen LogP contribution is 2.26. The van der Waals surface area contributed by atoms with Crippen molar-refractivity contribution in [2.45, 2.75) is 6.18 Å². The smallest absolute Gasteiger partial charge is 0.236 e. The summed E-state index contributed by atoms with van der Waals surface area (Å²) in [5.74, 6) is -1.23. The van der Waals surface area contributed by atoms with E-state index >= 15 is 0 Å². The van der Waals surface area contributed by atoms with Crippen LogP contribution in [0.4, 0.5) is 13.2 Å². The Morgan fingerprint density at radius 3 is 2.69 bits per heavy atom. The molecule has 4 nitrogen and oxygen atoms in total. The summed E-state index contributed by atoms with van der Waals surface area (Å²) in [5.41, 5.74) is 0. The van der Waals surface area contributed by atoms with Gasteiger partial charge in [0.2, 0.25) is 6.33 Å². The van der Waals surface area contributed by atoms with E-state index < -0.39 is 12.0 Å². The minimum absolute atomic E-state index is 0.0483. The summed E-state index contributed by atoms with van der Waals surface area (Å²) < 4.78 is 37.4. The third kappa shape index (κ3) is 1.99. The van der Waals surface area contributed by atoms with E-state index in [9.17, 15) is 13.2 Å². The first-order valence-electron chi connectivity index (χ1n) is 4.01. The maximum absolute atomic E-state index is 12.2. The predicted octanol–water partition coefficient (Wildman–Crippen LogP) is 2.13. The van der Waals surface area contributed by atoms with Crippen LogP contribution in [0.2, 0.25) is 5.02 Å². The van der Waals surface area contributed by atoms with E-state index in [1.165, 1.54) is 12.3 Å². The number of alkyl halides is 3. The molecule has 0 aromatic carbocycles. The number of nitrogens with zero attached hydrogens (tertiary/aromatic N) is 4. The van der Waals surface area contributed by atoms with E-state index in [0.717, 1.165) is 4.68 Å². The molecule has 2 aromatic rings. The second-order valence-corrected chi connectivity index (χ2v) is 3.16. The van der Waals surface area contributed by atoms with Gasteiger partial charge in [-0.3, -0.25) is 0 Å². The van der Waals surface area contributed by atoms with Crippen molar-refractivity contribution >= 4 is 11.6 Å². The molecule has 0 atom stereocenters. The second-order valence-electron chi connectivity index (χ2n) is 2.75. The van der Waals surface area contributed by atoms with Crippen LogP contribution in [0.15, 0.2) is 18.3 Å². The van der Waals surface area contributed by atoms with Gasteiger partial charge < -0.3 is 0 Å². The molecule has 0 aliphatic carbocycles. The number of hydrogen-bond donors (Lipinski definition) is 0. The first-order valence-corrected chi connectivity index (χ1v) is 4.39. The molecule has 0 saturated heterocycles. The fraction of sp³-hybridized carbons (Fsp3) is 0.125. The second kappa shape index (κ2) is 3.75. The van der Waals surface area contributed by atoms with Crippen LogP contribution in [0, 0.1) is 6.33 Å². The molecule has 0 aliphatic rings. The Morgan fingerprint density at radius 2 is 2.12 bits per heavy atom. The van der Waals surface area contributed by atoms with Crippen LogP contribution >= 0.6 is 11.6 Å². The van der Waals surface area contributed by atoms with Gasteiger partial charge in [-0.1, -0.05) is 11.6 Å². The van der Waals surface area contributed by atoms with E-state index in [4.69, 9.17) is 11.6 Å². The molecule has 0 aliphatic heterocycles. The maximum Gasteiger partial charge on any atom is 0.453 e. The molecule has 0 fully saturated rings. The monoisotopic (exact) mass is 247 g/mol. The van der Waals surface area contributed by atoms with Gasteiger partial charge in [-0.25, -0.2) is 4.98 Å². The zero-order chi connectivity index (χ0) is 11.8. The molecule has 0 saturated carbocycles. The molecule has 0 N–H and O–H groups in total. The van der Waals surface area contributed by atoms with Gasteiger partial charge in [0.1, 0.15) is 0 Å².